The first-order valence-electron chi connectivity index (χ1n) is 7.96. The van der Waals surface area contributed by atoms with E-state index >= 15 is 0 Å². The Morgan fingerprint density at radius 2 is 2.38 bits per heavy atom. The average molecular weight is 343 g/mol. The van der Waals surface area contributed by atoms with Gasteiger partial charge in [0.1, 0.15) is 28.8 Å². The maximum absolute atomic E-state index is 12.7. The van der Waals surface area contributed by atoms with Crippen molar-refractivity contribution >= 4 is 39.3 Å². The number of nitrogens with one attached hydrogen (secondary N) is 1. The van der Waals surface area contributed by atoms with Crippen LogP contribution in [0.2, 0.25) is 0 Å². The summed E-state index contributed by atoms with van der Waals surface area (Å²) >= 11 is 1.57. The molecule has 3 aromatic heterocycles. The monoisotopic (exact) mass is 343 g/mol. The SMILES string of the molecule is CCc1cnc(NC(=O)C2CCCN2c2ncnc3sccc23)o1. The summed E-state index contributed by atoms with van der Waals surface area (Å²) < 4.78 is 5.48. The van der Waals surface area contributed by atoms with Gasteiger partial charge in [-0.25, -0.2) is 15.0 Å². The van der Waals surface area contributed by atoms with Gasteiger partial charge in [0.2, 0.25) is 0 Å². The van der Waals surface area contributed by atoms with Gasteiger partial charge in [-0.2, -0.15) is 0 Å². The molecule has 8 heteroatoms. The number of fused-ring (bicyclic) bond motifs is 1. The topological polar surface area (TPSA) is 84.2 Å². The van der Waals surface area contributed by atoms with Crippen LogP contribution in [0.1, 0.15) is 25.5 Å². The van der Waals surface area contributed by atoms with Crippen LogP contribution in [-0.2, 0) is 11.2 Å². The molecule has 0 aliphatic carbocycles. The number of hydrogen-bond donors (Lipinski definition) is 1. The normalized spacial score (nSPS) is 17.5. The highest BCUT2D eigenvalue weighted by Crippen LogP contribution is 2.32. The van der Waals surface area contributed by atoms with Crippen molar-refractivity contribution in [2.24, 2.45) is 0 Å². The lowest BCUT2D eigenvalue weighted by Crippen LogP contribution is -2.40. The summed E-state index contributed by atoms with van der Waals surface area (Å²) in [6, 6.07) is 1.98. The molecule has 0 radical (unpaired) electrons. The van der Waals surface area contributed by atoms with Gasteiger partial charge in [0.05, 0.1) is 11.6 Å². The summed E-state index contributed by atoms with van der Waals surface area (Å²) in [4.78, 5) is 28.5. The molecule has 24 heavy (non-hydrogen) atoms. The smallest absolute Gasteiger partial charge is 0.301 e. The van der Waals surface area contributed by atoms with Crippen molar-refractivity contribution < 1.29 is 9.21 Å². The van der Waals surface area contributed by atoms with Crippen molar-refractivity contribution in [1.29, 1.82) is 0 Å². The standard InChI is InChI=1S/C16H17N5O2S/c1-2-10-8-17-16(23-10)20-14(22)12-4-3-6-21(12)13-11-5-7-24-15(11)19-9-18-13/h5,7-9,12H,2-4,6H2,1H3,(H,17,20,22). The fourth-order valence-electron chi connectivity index (χ4n) is 3.02. The fourth-order valence-corrected chi connectivity index (χ4v) is 3.74. The minimum absolute atomic E-state index is 0.112. The number of thiophene rings is 1. The molecular formula is C16H17N5O2S. The second kappa shape index (κ2) is 6.20. The predicted molar refractivity (Wildman–Crippen MR) is 92.3 cm³/mol. The van der Waals surface area contributed by atoms with Crippen LogP contribution in [0.3, 0.4) is 0 Å². The summed E-state index contributed by atoms with van der Waals surface area (Å²) in [5.74, 6) is 1.46. The van der Waals surface area contributed by atoms with Crippen LogP contribution >= 0.6 is 11.3 Å². The molecule has 1 fully saturated rings. The first-order valence-corrected chi connectivity index (χ1v) is 8.84. The van der Waals surface area contributed by atoms with Gasteiger partial charge in [-0.3, -0.25) is 10.1 Å². The number of oxazole rings is 1. The van der Waals surface area contributed by atoms with Crippen LogP contribution in [0.4, 0.5) is 11.8 Å². The van der Waals surface area contributed by atoms with E-state index in [-0.39, 0.29) is 18.0 Å². The zero-order valence-electron chi connectivity index (χ0n) is 13.2. The first kappa shape index (κ1) is 15.1. The van der Waals surface area contributed by atoms with Crippen molar-refractivity contribution in [2.45, 2.75) is 32.2 Å². The van der Waals surface area contributed by atoms with Crippen molar-refractivity contribution in [1.82, 2.24) is 15.0 Å². The Morgan fingerprint density at radius 3 is 3.21 bits per heavy atom. The number of carbonyl (C=O) groups excluding carboxylic acids is 1. The molecule has 1 N–H and O–H groups in total. The zero-order chi connectivity index (χ0) is 16.5. The molecule has 1 atom stereocenters. The molecule has 0 bridgehead atoms. The highest BCUT2D eigenvalue weighted by Gasteiger charge is 2.33. The molecule has 1 amide bonds. The maximum Gasteiger partial charge on any atom is 0.301 e. The fraction of sp³-hybridized carbons (Fsp3) is 0.375. The number of aryl methyl sites for hydroxylation is 1. The summed E-state index contributed by atoms with van der Waals surface area (Å²) in [6.07, 6.45) is 5.67. The van der Waals surface area contributed by atoms with E-state index in [1.165, 1.54) is 0 Å². The van der Waals surface area contributed by atoms with Crippen molar-refractivity contribution in [3.63, 3.8) is 0 Å². The molecule has 0 saturated carbocycles. The molecule has 1 aliphatic heterocycles. The third-order valence-corrected chi connectivity index (χ3v) is 5.02. The van der Waals surface area contributed by atoms with Gasteiger partial charge in [0.25, 0.3) is 5.91 Å². The van der Waals surface area contributed by atoms with Gasteiger partial charge in [0.15, 0.2) is 0 Å². The van der Waals surface area contributed by atoms with Crippen LogP contribution in [0, 0.1) is 0 Å². The molecule has 0 spiro atoms. The zero-order valence-corrected chi connectivity index (χ0v) is 14.0. The molecule has 0 aromatic carbocycles. The molecule has 7 nitrogen and oxygen atoms in total. The van der Waals surface area contributed by atoms with E-state index in [1.807, 2.05) is 18.4 Å². The quantitative estimate of drug-likeness (QED) is 0.784. The van der Waals surface area contributed by atoms with Gasteiger partial charge < -0.3 is 9.32 Å². The number of amides is 1. The third kappa shape index (κ3) is 2.62. The van der Waals surface area contributed by atoms with E-state index in [2.05, 4.69) is 25.2 Å². The van der Waals surface area contributed by atoms with E-state index in [1.54, 1.807) is 23.9 Å². The van der Waals surface area contributed by atoms with E-state index in [4.69, 9.17) is 4.42 Å². The van der Waals surface area contributed by atoms with E-state index in [0.717, 1.165) is 47.6 Å². The van der Waals surface area contributed by atoms with Gasteiger partial charge in [-0.05, 0) is 24.3 Å². The maximum atomic E-state index is 12.7. The molecule has 3 aromatic rings. The molecule has 4 heterocycles. The van der Waals surface area contributed by atoms with Gasteiger partial charge >= 0.3 is 6.01 Å². The molecule has 4 rings (SSSR count). The molecule has 1 aliphatic rings. The lowest BCUT2D eigenvalue weighted by molar-refractivity contribution is -0.117. The Bertz CT molecular complexity index is 874. The minimum Gasteiger partial charge on any atom is -0.429 e. The Kier molecular flexibility index (Phi) is 3.89. The van der Waals surface area contributed by atoms with Crippen molar-refractivity contribution in [3.8, 4) is 0 Å². The third-order valence-electron chi connectivity index (χ3n) is 4.20. The van der Waals surface area contributed by atoms with E-state index < -0.39 is 0 Å². The van der Waals surface area contributed by atoms with Crippen molar-refractivity contribution in [3.05, 3.63) is 29.7 Å². The summed E-state index contributed by atoms with van der Waals surface area (Å²) in [7, 11) is 0. The van der Waals surface area contributed by atoms with Crippen molar-refractivity contribution in [2.75, 3.05) is 16.8 Å². The van der Waals surface area contributed by atoms with Crippen LogP contribution in [0.5, 0.6) is 0 Å². The largest absolute Gasteiger partial charge is 0.429 e. The number of aromatic nitrogens is 3. The molecule has 1 unspecified atom stereocenters. The van der Waals surface area contributed by atoms with E-state index in [0.29, 0.717) is 0 Å². The lowest BCUT2D eigenvalue weighted by Gasteiger charge is -2.24. The highest BCUT2D eigenvalue weighted by molar-refractivity contribution is 7.16. The Labute approximate surface area is 142 Å². The first-order chi connectivity index (χ1) is 11.8. The van der Waals surface area contributed by atoms with Crippen LogP contribution in [0.15, 0.2) is 28.4 Å². The van der Waals surface area contributed by atoms with Gasteiger partial charge in [0, 0.05) is 13.0 Å². The second-order valence-corrected chi connectivity index (χ2v) is 6.56. The Hall–Kier alpha value is -2.48. The Morgan fingerprint density at radius 1 is 1.46 bits per heavy atom. The summed E-state index contributed by atoms with van der Waals surface area (Å²) in [5.41, 5.74) is 0. The summed E-state index contributed by atoms with van der Waals surface area (Å²) in [5, 5.41) is 5.77. The van der Waals surface area contributed by atoms with Gasteiger partial charge in [-0.1, -0.05) is 6.92 Å². The second-order valence-electron chi connectivity index (χ2n) is 5.66. The van der Waals surface area contributed by atoms with Crippen LogP contribution < -0.4 is 10.2 Å². The molecular weight excluding hydrogens is 326 g/mol. The van der Waals surface area contributed by atoms with Crippen LogP contribution in [-0.4, -0.2) is 33.4 Å². The molecule has 1 saturated heterocycles. The van der Waals surface area contributed by atoms with Gasteiger partial charge in [-0.15, -0.1) is 11.3 Å². The summed E-state index contributed by atoms with van der Waals surface area (Å²) in [6.45, 7) is 2.78. The highest BCUT2D eigenvalue weighted by atomic mass is 32.1. The number of nitrogens with zero attached hydrogens (tertiary/aromatic N) is 4. The minimum atomic E-state index is -0.278. The predicted octanol–water partition coefficient (Wildman–Crippen LogP) is 2.85. The number of anilines is 2. The molecule has 124 valence electrons. The average Bonchev–Trinajstić information content (AvgIpc) is 3.33. The number of rotatable bonds is 4. The Balaban J connectivity index is 1.58. The van der Waals surface area contributed by atoms with Crippen LogP contribution in [0.25, 0.3) is 10.2 Å². The lowest BCUT2D eigenvalue weighted by atomic mass is 10.2. The number of hydrogen-bond acceptors (Lipinski definition) is 7. The number of carbonyl (C=O) groups is 1. The van der Waals surface area contributed by atoms with E-state index in [9.17, 15) is 4.79 Å².